The average molecular weight is 401 g/mol. The van der Waals surface area contributed by atoms with E-state index in [2.05, 4.69) is 10.2 Å². The Morgan fingerprint density at radius 1 is 1.07 bits per heavy atom. The molecule has 2 aliphatic rings. The molecule has 3 amide bonds. The molecule has 1 unspecified atom stereocenters. The van der Waals surface area contributed by atoms with Gasteiger partial charge in [0.05, 0.1) is 12.5 Å². The van der Waals surface area contributed by atoms with Gasteiger partial charge in [-0.3, -0.25) is 19.3 Å². The second-order valence-corrected chi connectivity index (χ2v) is 8.16. The van der Waals surface area contributed by atoms with E-state index < -0.39 is 0 Å². The van der Waals surface area contributed by atoms with E-state index in [-0.39, 0.29) is 30.2 Å². The van der Waals surface area contributed by atoms with Crippen molar-refractivity contribution in [1.82, 2.24) is 9.80 Å². The number of rotatable bonds is 6. The maximum absolute atomic E-state index is 12.6. The van der Waals surface area contributed by atoms with E-state index >= 15 is 0 Å². The Balaban J connectivity index is 1.60. The Labute approximate surface area is 172 Å². The predicted molar refractivity (Wildman–Crippen MR) is 112 cm³/mol. The number of nitrogens with two attached hydrogens (primary N) is 1. The van der Waals surface area contributed by atoms with Crippen LogP contribution in [0.1, 0.15) is 50.5 Å². The van der Waals surface area contributed by atoms with Crippen molar-refractivity contribution in [2.45, 2.75) is 51.5 Å². The third-order valence-electron chi connectivity index (χ3n) is 5.85. The third-order valence-corrected chi connectivity index (χ3v) is 5.85. The normalized spacial score (nSPS) is 21.3. The highest BCUT2D eigenvalue weighted by atomic mass is 16.2. The van der Waals surface area contributed by atoms with Gasteiger partial charge in [0.2, 0.25) is 17.7 Å². The van der Waals surface area contributed by atoms with Crippen molar-refractivity contribution in [3.63, 3.8) is 0 Å². The van der Waals surface area contributed by atoms with Crippen molar-refractivity contribution in [3.05, 3.63) is 29.8 Å². The summed E-state index contributed by atoms with van der Waals surface area (Å²) in [6, 6.07) is 7.72. The monoisotopic (exact) mass is 400 g/mol. The molecule has 1 atom stereocenters. The van der Waals surface area contributed by atoms with Crippen LogP contribution in [0.4, 0.5) is 5.69 Å². The number of amides is 3. The summed E-state index contributed by atoms with van der Waals surface area (Å²) in [6.45, 7) is 2.97. The zero-order valence-electron chi connectivity index (χ0n) is 17.1. The van der Waals surface area contributed by atoms with E-state index in [1.54, 1.807) is 4.90 Å². The first-order chi connectivity index (χ1) is 14.0. The second-order valence-electron chi connectivity index (χ2n) is 8.16. The van der Waals surface area contributed by atoms with Crippen molar-refractivity contribution >= 4 is 23.4 Å². The number of piperidine rings is 1. The van der Waals surface area contributed by atoms with Gasteiger partial charge in [0.15, 0.2) is 0 Å². The van der Waals surface area contributed by atoms with Crippen LogP contribution in [0.15, 0.2) is 24.3 Å². The number of hydrogen-bond donors (Lipinski definition) is 2. The molecule has 1 aromatic carbocycles. The number of para-hydroxylation sites is 1. The first-order valence-electron chi connectivity index (χ1n) is 10.7. The molecule has 0 bridgehead atoms. The van der Waals surface area contributed by atoms with Crippen molar-refractivity contribution in [3.8, 4) is 0 Å². The van der Waals surface area contributed by atoms with Crippen molar-refractivity contribution in [1.29, 1.82) is 0 Å². The van der Waals surface area contributed by atoms with E-state index in [4.69, 9.17) is 5.73 Å². The fourth-order valence-corrected chi connectivity index (χ4v) is 4.20. The number of benzene rings is 1. The van der Waals surface area contributed by atoms with E-state index in [1.165, 1.54) is 0 Å². The second kappa shape index (κ2) is 10.4. The molecule has 0 spiro atoms. The summed E-state index contributed by atoms with van der Waals surface area (Å²) < 4.78 is 0. The van der Waals surface area contributed by atoms with Crippen LogP contribution < -0.4 is 11.1 Å². The van der Waals surface area contributed by atoms with E-state index in [1.807, 2.05) is 24.3 Å². The SMILES string of the molecule is NC(=O)C1CCCN(Cc2ccccc2NC(=O)CN2CCCCCCC2=O)C1. The first-order valence-corrected chi connectivity index (χ1v) is 10.7. The molecule has 2 aliphatic heterocycles. The topological polar surface area (TPSA) is 95.7 Å². The van der Waals surface area contributed by atoms with Gasteiger partial charge in [-0.2, -0.15) is 0 Å². The molecule has 2 saturated heterocycles. The molecule has 2 heterocycles. The minimum atomic E-state index is -0.241. The molecule has 2 fully saturated rings. The van der Waals surface area contributed by atoms with Gasteiger partial charge < -0.3 is 16.0 Å². The van der Waals surface area contributed by atoms with Crippen molar-refractivity contribution in [2.24, 2.45) is 11.7 Å². The Morgan fingerprint density at radius 2 is 1.86 bits per heavy atom. The van der Waals surface area contributed by atoms with E-state index in [0.717, 1.165) is 56.3 Å². The Morgan fingerprint density at radius 3 is 2.69 bits per heavy atom. The van der Waals surface area contributed by atoms with E-state index in [9.17, 15) is 14.4 Å². The third kappa shape index (κ3) is 6.29. The summed E-state index contributed by atoms with van der Waals surface area (Å²) in [5.74, 6) is -0.447. The number of nitrogens with one attached hydrogen (secondary N) is 1. The fraction of sp³-hybridized carbons (Fsp3) is 0.591. The number of nitrogens with zero attached hydrogens (tertiary/aromatic N) is 2. The zero-order chi connectivity index (χ0) is 20.6. The molecule has 29 heavy (non-hydrogen) atoms. The number of carbonyl (C=O) groups is 3. The molecule has 0 radical (unpaired) electrons. The minimum absolute atomic E-state index is 0.0685. The van der Waals surface area contributed by atoms with Crippen molar-refractivity contribution < 1.29 is 14.4 Å². The average Bonchev–Trinajstić information content (AvgIpc) is 2.69. The van der Waals surface area contributed by atoms with Gasteiger partial charge in [0.1, 0.15) is 0 Å². The summed E-state index contributed by atoms with van der Waals surface area (Å²) >= 11 is 0. The maximum Gasteiger partial charge on any atom is 0.244 e. The van der Waals surface area contributed by atoms with Crippen LogP contribution in [0.5, 0.6) is 0 Å². The molecular formula is C22H32N4O3. The molecule has 1 aromatic rings. The predicted octanol–water partition coefficient (Wildman–Crippen LogP) is 2.12. The Bertz CT molecular complexity index is 737. The number of primary amides is 1. The fourth-order valence-electron chi connectivity index (χ4n) is 4.20. The number of anilines is 1. The Hall–Kier alpha value is -2.41. The Kier molecular flexibility index (Phi) is 7.63. The highest BCUT2D eigenvalue weighted by molar-refractivity contribution is 5.95. The lowest BCUT2D eigenvalue weighted by atomic mass is 9.97. The van der Waals surface area contributed by atoms with Gasteiger partial charge in [-0.25, -0.2) is 0 Å². The summed E-state index contributed by atoms with van der Waals surface area (Å²) in [6.07, 6.45) is 6.36. The minimum Gasteiger partial charge on any atom is -0.369 e. The molecule has 0 aromatic heterocycles. The van der Waals surface area contributed by atoms with Crippen LogP contribution in [0.2, 0.25) is 0 Å². The first kappa shape index (κ1) is 21.3. The molecule has 3 rings (SSSR count). The largest absolute Gasteiger partial charge is 0.369 e. The summed E-state index contributed by atoms with van der Waals surface area (Å²) in [5, 5.41) is 2.99. The van der Waals surface area contributed by atoms with E-state index in [0.29, 0.717) is 26.1 Å². The molecule has 0 saturated carbocycles. The van der Waals surface area contributed by atoms with Crippen LogP contribution >= 0.6 is 0 Å². The number of carbonyl (C=O) groups excluding carboxylic acids is 3. The lowest BCUT2D eigenvalue weighted by Crippen LogP contribution is -2.41. The lowest BCUT2D eigenvalue weighted by molar-refractivity contribution is -0.135. The number of hydrogen-bond acceptors (Lipinski definition) is 4. The number of likely N-dealkylation sites (tertiary alicyclic amines) is 2. The molecule has 3 N–H and O–H groups in total. The highest BCUT2D eigenvalue weighted by Crippen LogP contribution is 2.22. The van der Waals surface area contributed by atoms with Crippen LogP contribution in [0.3, 0.4) is 0 Å². The molecule has 7 nitrogen and oxygen atoms in total. The molecule has 158 valence electrons. The van der Waals surface area contributed by atoms with Gasteiger partial charge in [-0.1, -0.05) is 31.0 Å². The summed E-state index contributed by atoms with van der Waals surface area (Å²) in [4.78, 5) is 40.3. The molecule has 0 aliphatic carbocycles. The lowest BCUT2D eigenvalue weighted by Gasteiger charge is -2.31. The van der Waals surface area contributed by atoms with Gasteiger partial charge in [0, 0.05) is 31.7 Å². The molecular weight excluding hydrogens is 368 g/mol. The van der Waals surface area contributed by atoms with Gasteiger partial charge in [-0.05, 0) is 43.9 Å². The van der Waals surface area contributed by atoms with Gasteiger partial charge in [0.25, 0.3) is 0 Å². The van der Waals surface area contributed by atoms with Crippen LogP contribution in [-0.2, 0) is 20.9 Å². The van der Waals surface area contributed by atoms with Crippen LogP contribution in [-0.4, -0.2) is 53.7 Å². The quantitative estimate of drug-likeness (QED) is 0.764. The maximum atomic E-state index is 12.6. The van der Waals surface area contributed by atoms with Crippen LogP contribution in [0.25, 0.3) is 0 Å². The smallest absolute Gasteiger partial charge is 0.244 e. The van der Waals surface area contributed by atoms with Gasteiger partial charge >= 0.3 is 0 Å². The summed E-state index contributed by atoms with van der Waals surface area (Å²) in [5.41, 5.74) is 7.25. The zero-order valence-corrected chi connectivity index (χ0v) is 17.1. The molecule has 7 heteroatoms. The van der Waals surface area contributed by atoms with Crippen LogP contribution in [0, 0.1) is 5.92 Å². The van der Waals surface area contributed by atoms with Crippen molar-refractivity contribution in [2.75, 3.05) is 31.5 Å². The van der Waals surface area contributed by atoms with Gasteiger partial charge in [-0.15, -0.1) is 0 Å². The highest BCUT2D eigenvalue weighted by Gasteiger charge is 2.25. The standard InChI is InChI=1S/C22H32N4O3/c23-22(29)18-9-7-12-25(15-18)14-17-8-4-5-10-19(17)24-20(27)16-26-13-6-2-1-3-11-21(26)28/h4-5,8,10,18H,1-3,6-7,9,11-16H2,(H2,23,29)(H,24,27). The summed E-state index contributed by atoms with van der Waals surface area (Å²) in [7, 11) is 0.